The molecule has 0 saturated heterocycles. The van der Waals surface area contributed by atoms with E-state index in [4.69, 9.17) is 14.2 Å². The van der Waals surface area contributed by atoms with Crippen molar-refractivity contribution in [2.75, 3.05) is 21.3 Å². The van der Waals surface area contributed by atoms with Crippen LogP contribution in [0.3, 0.4) is 0 Å². The zero-order valence-corrected chi connectivity index (χ0v) is 13.1. The van der Waals surface area contributed by atoms with E-state index in [2.05, 4.69) is 19.2 Å². The zero-order valence-electron chi connectivity index (χ0n) is 12.3. The molecule has 0 aliphatic carbocycles. The van der Waals surface area contributed by atoms with Crippen LogP contribution in [-0.4, -0.2) is 27.4 Å². The molecule has 1 N–H and O–H groups in total. The summed E-state index contributed by atoms with van der Waals surface area (Å²) in [6.07, 6.45) is 1.09. The van der Waals surface area contributed by atoms with E-state index in [0.717, 1.165) is 30.0 Å². The quantitative estimate of drug-likeness (QED) is 0.837. The molecule has 110 valence electrons. The maximum atomic E-state index is 5.38. The van der Waals surface area contributed by atoms with Gasteiger partial charge in [-0.1, -0.05) is 6.92 Å². The fraction of sp³-hybridized carbons (Fsp3) is 0.571. The molecule has 0 saturated carbocycles. The van der Waals surface area contributed by atoms with Crippen LogP contribution in [0.4, 0.5) is 0 Å². The molecule has 0 aliphatic rings. The highest BCUT2D eigenvalue weighted by Gasteiger charge is 2.12. The van der Waals surface area contributed by atoms with E-state index in [1.807, 2.05) is 12.1 Å². The first-order valence-electron chi connectivity index (χ1n) is 6.18. The molecule has 1 aromatic carbocycles. The fourth-order valence-corrected chi connectivity index (χ4v) is 1.66. The first-order chi connectivity index (χ1) is 8.65. The van der Waals surface area contributed by atoms with Gasteiger partial charge in [-0.15, -0.1) is 12.4 Å². The Kier molecular flexibility index (Phi) is 8.35. The first-order valence-corrected chi connectivity index (χ1v) is 6.18. The van der Waals surface area contributed by atoms with Crippen LogP contribution in [-0.2, 0) is 6.54 Å². The van der Waals surface area contributed by atoms with Crippen molar-refractivity contribution in [3.05, 3.63) is 17.7 Å². The van der Waals surface area contributed by atoms with Gasteiger partial charge in [-0.3, -0.25) is 0 Å². The second-order valence-electron chi connectivity index (χ2n) is 4.21. The Bertz CT molecular complexity index is 385. The van der Waals surface area contributed by atoms with Crippen molar-refractivity contribution in [2.24, 2.45) is 0 Å². The second-order valence-corrected chi connectivity index (χ2v) is 4.21. The Morgan fingerprint density at radius 1 is 1.00 bits per heavy atom. The normalized spacial score (nSPS) is 11.4. The molecule has 0 heterocycles. The minimum absolute atomic E-state index is 0. The molecule has 5 heteroatoms. The third-order valence-corrected chi connectivity index (χ3v) is 3.04. The molecule has 0 radical (unpaired) electrons. The van der Waals surface area contributed by atoms with Crippen LogP contribution in [0, 0.1) is 0 Å². The molecule has 0 fully saturated rings. The molecule has 1 unspecified atom stereocenters. The van der Waals surface area contributed by atoms with Crippen molar-refractivity contribution in [3.8, 4) is 17.2 Å². The molecular weight excluding hydrogens is 266 g/mol. The number of rotatable bonds is 7. The van der Waals surface area contributed by atoms with Gasteiger partial charge in [0.05, 0.1) is 21.3 Å². The lowest BCUT2D eigenvalue weighted by atomic mass is 10.1. The maximum absolute atomic E-state index is 5.38. The number of hydrogen-bond donors (Lipinski definition) is 1. The van der Waals surface area contributed by atoms with Crippen LogP contribution in [0.1, 0.15) is 25.8 Å². The minimum Gasteiger partial charge on any atom is -0.496 e. The van der Waals surface area contributed by atoms with Gasteiger partial charge in [0.1, 0.15) is 5.75 Å². The predicted octanol–water partition coefficient (Wildman–Crippen LogP) is 3.02. The van der Waals surface area contributed by atoms with Gasteiger partial charge in [-0.2, -0.15) is 0 Å². The smallest absolute Gasteiger partial charge is 0.164 e. The van der Waals surface area contributed by atoms with E-state index in [1.165, 1.54) is 0 Å². The van der Waals surface area contributed by atoms with Crippen molar-refractivity contribution in [3.63, 3.8) is 0 Å². The van der Waals surface area contributed by atoms with Crippen molar-refractivity contribution in [1.29, 1.82) is 0 Å². The van der Waals surface area contributed by atoms with Gasteiger partial charge in [0.15, 0.2) is 11.5 Å². The van der Waals surface area contributed by atoms with Crippen molar-refractivity contribution < 1.29 is 14.2 Å². The van der Waals surface area contributed by atoms with E-state index < -0.39 is 0 Å². The maximum Gasteiger partial charge on any atom is 0.164 e. The topological polar surface area (TPSA) is 39.7 Å². The number of methoxy groups -OCH3 is 3. The third kappa shape index (κ3) is 4.80. The first kappa shape index (κ1) is 17.9. The molecule has 19 heavy (non-hydrogen) atoms. The summed E-state index contributed by atoms with van der Waals surface area (Å²) < 4.78 is 15.9. The van der Waals surface area contributed by atoms with Crippen LogP contribution in [0.15, 0.2) is 12.1 Å². The highest BCUT2D eigenvalue weighted by molar-refractivity contribution is 5.85. The number of hydrogen-bond acceptors (Lipinski definition) is 4. The molecule has 1 atom stereocenters. The Hall–Kier alpha value is -1.13. The Morgan fingerprint density at radius 2 is 1.53 bits per heavy atom. The Balaban J connectivity index is 0.00000324. The average molecular weight is 290 g/mol. The molecule has 1 aromatic rings. The van der Waals surface area contributed by atoms with E-state index in [1.54, 1.807) is 21.3 Å². The van der Waals surface area contributed by atoms with Crippen LogP contribution in [0.2, 0.25) is 0 Å². The van der Waals surface area contributed by atoms with E-state index in [-0.39, 0.29) is 12.4 Å². The molecule has 4 nitrogen and oxygen atoms in total. The average Bonchev–Trinajstić information content (AvgIpc) is 2.43. The number of benzene rings is 1. The second kappa shape index (κ2) is 8.88. The summed E-state index contributed by atoms with van der Waals surface area (Å²) in [6, 6.07) is 4.28. The third-order valence-electron chi connectivity index (χ3n) is 3.04. The summed E-state index contributed by atoms with van der Waals surface area (Å²) in [6.45, 7) is 5.06. The lowest BCUT2D eigenvalue weighted by Gasteiger charge is -2.16. The highest BCUT2D eigenvalue weighted by Crippen LogP contribution is 2.34. The van der Waals surface area contributed by atoms with Crippen LogP contribution < -0.4 is 19.5 Å². The number of nitrogens with one attached hydrogen (secondary N) is 1. The van der Waals surface area contributed by atoms with Crippen LogP contribution >= 0.6 is 12.4 Å². The van der Waals surface area contributed by atoms with Gasteiger partial charge in [-0.25, -0.2) is 0 Å². The summed E-state index contributed by atoms with van der Waals surface area (Å²) in [5.74, 6) is 2.21. The highest BCUT2D eigenvalue weighted by atomic mass is 35.5. The Morgan fingerprint density at radius 3 is 2.00 bits per heavy atom. The van der Waals surface area contributed by atoms with Crippen LogP contribution in [0.25, 0.3) is 0 Å². The summed E-state index contributed by atoms with van der Waals surface area (Å²) in [5.41, 5.74) is 1.07. The fourth-order valence-electron chi connectivity index (χ4n) is 1.66. The monoisotopic (exact) mass is 289 g/mol. The van der Waals surface area contributed by atoms with Crippen molar-refractivity contribution in [2.45, 2.75) is 32.9 Å². The molecular formula is C14H24ClNO3. The van der Waals surface area contributed by atoms with Crippen LogP contribution in [0.5, 0.6) is 17.2 Å². The van der Waals surface area contributed by atoms with Gasteiger partial charge in [-0.05, 0) is 19.4 Å². The van der Waals surface area contributed by atoms with Gasteiger partial charge >= 0.3 is 0 Å². The molecule has 0 bridgehead atoms. The van der Waals surface area contributed by atoms with E-state index in [9.17, 15) is 0 Å². The molecule has 0 aromatic heterocycles. The van der Waals surface area contributed by atoms with E-state index >= 15 is 0 Å². The molecule has 1 rings (SSSR count). The zero-order chi connectivity index (χ0) is 13.5. The largest absolute Gasteiger partial charge is 0.496 e. The predicted molar refractivity (Wildman–Crippen MR) is 79.9 cm³/mol. The summed E-state index contributed by atoms with van der Waals surface area (Å²) >= 11 is 0. The molecule has 0 amide bonds. The van der Waals surface area contributed by atoms with Gasteiger partial charge < -0.3 is 19.5 Å². The Labute approximate surface area is 121 Å². The lowest BCUT2D eigenvalue weighted by molar-refractivity contribution is 0.346. The van der Waals surface area contributed by atoms with Crippen molar-refractivity contribution >= 4 is 12.4 Å². The SMILES string of the molecule is CCC(C)NCc1cc(OC)c(OC)cc1OC.Cl. The van der Waals surface area contributed by atoms with Gasteiger partial charge in [0.25, 0.3) is 0 Å². The standard InChI is InChI=1S/C14H23NO3.ClH/c1-6-10(2)15-9-11-7-13(17-4)14(18-5)8-12(11)16-3;/h7-8,10,15H,6,9H2,1-5H3;1H. The number of ether oxygens (including phenoxy) is 3. The lowest BCUT2D eigenvalue weighted by Crippen LogP contribution is -2.24. The molecule has 0 aliphatic heterocycles. The van der Waals surface area contributed by atoms with Gasteiger partial charge in [0.2, 0.25) is 0 Å². The number of halogens is 1. The molecule has 0 spiro atoms. The summed E-state index contributed by atoms with van der Waals surface area (Å²) in [5, 5.41) is 3.44. The minimum atomic E-state index is 0. The summed E-state index contributed by atoms with van der Waals surface area (Å²) in [4.78, 5) is 0. The van der Waals surface area contributed by atoms with Crippen molar-refractivity contribution in [1.82, 2.24) is 5.32 Å². The summed E-state index contributed by atoms with van der Waals surface area (Å²) in [7, 11) is 4.92. The van der Waals surface area contributed by atoms with Gasteiger partial charge in [0, 0.05) is 24.2 Å². The van der Waals surface area contributed by atoms with E-state index in [0.29, 0.717) is 11.8 Å².